The molecule has 33 heteroatoms. The van der Waals surface area contributed by atoms with Gasteiger partial charge in [0.25, 0.3) is 5.91 Å². The van der Waals surface area contributed by atoms with E-state index in [9.17, 15) is 84.3 Å². The summed E-state index contributed by atoms with van der Waals surface area (Å²) in [5.41, 5.74) is -1.65. The number of Topliss-reactive ketones (excluding diaryl/α,β-unsaturated/α-hetero) is 4. The number of nitrogens with one attached hydrogen (secondary N) is 4. The third kappa shape index (κ3) is 41.7. The van der Waals surface area contributed by atoms with Crippen molar-refractivity contribution in [1.82, 2.24) is 21.3 Å². The number of carbonyl (C=O) groups is 8. The largest absolute Gasteiger partial charge is 0.394 e. The highest BCUT2D eigenvalue weighted by atomic mass is 16.7. The zero-order valence-electron chi connectivity index (χ0n) is 64.9. The molecule has 0 spiro atoms. The second-order valence-electron chi connectivity index (χ2n) is 29.7. The van der Waals surface area contributed by atoms with Crippen LogP contribution < -0.4 is 21.3 Å². The first-order valence-electron chi connectivity index (χ1n) is 39.0. The first kappa shape index (κ1) is 97.5. The lowest BCUT2D eigenvalue weighted by Crippen LogP contribution is -2.59. The third-order valence-electron chi connectivity index (χ3n) is 18.8. The summed E-state index contributed by atoms with van der Waals surface area (Å²) < 4.78 is 58.1. The molecule has 3 aliphatic heterocycles. The van der Waals surface area contributed by atoms with E-state index < -0.39 is 129 Å². The number of amides is 4. The van der Waals surface area contributed by atoms with Gasteiger partial charge in [-0.1, -0.05) is 59.5 Å². The second kappa shape index (κ2) is 56.5. The molecule has 108 heavy (non-hydrogen) atoms. The number of nitrogens with zero attached hydrogens (tertiary/aromatic N) is 1. The van der Waals surface area contributed by atoms with Crippen LogP contribution in [0, 0.1) is 23.2 Å². The van der Waals surface area contributed by atoms with Gasteiger partial charge < -0.3 is 119 Å². The minimum Gasteiger partial charge on any atom is -0.394 e. The van der Waals surface area contributed by atoms with Gasteiger partial charge in [-0.3, -0.25) is 38.4 Å². The molecule has 15 atom stereocenters. The van der Waals surface area contributed by atoms with Gasteiger partial charge in [0.1, 0.15) is 71.9 Å². The smallest absolute Gasteiger partial charge is 0.260 e. The molecule has 0 aliphatic carbocycles. The van der Waals surface area contributed by atoms with E-state index in [0.29, 0.717) is 135 Å². The van der Waals surface area contributed by atoms with E-state index in [2.05, 4.69) is 26.4 Å². The fourth-order valence-corrected chi connectivity index (χ4v) is 11.9. The standard InChI is InChI=1S/C75H133N5O28/c1-51-65(92)68(95)58(42-81)106-71(51)102-36-17-13-26-54(84)22-9-7-11-24-56(86)29-39-99-48-75(80-64(91)45-98-35-20-16-32-78-63(90)46-105-79-47-74(4,5)6,49-100-40-30-57(87)25-12-8-10-23-55(85)27-14-18-37-103-72-52(2)66(93)69(96)59(43-82)107-72)50-101-41-31-62(89)77-34-21-33-76-61(88)28-15-19-38-104-73-53(3)67(94)70(97)60(44-83)108-73/h47,51-53,58-60,65-73,81-83,92-97H,7-46,48-50H2,1-6H3,(H,76,88)(H,77,89)(H,78,90)(H,80,91)/t51-,52-,53-,58?,59?,60?,65?,66?,67?,68-,69-,70-,71+,72+,73+,75?/m1/s1. The van der Waals surface area contributed by atoms with Gasteiger partial charge in [-0.05, 0) is 83.5 Å². The second-order valence-corrected chi connectivity index (χ2v) is 29.7. The molecular weight excluding hydrogens is 1420 g/mol. The Kier molecular flexibility index (Phi) is 51.0. The third-order valence-corrected chi connectivity index (χ3v) is 18.8. The average molecular weight is 1550 g/mol. The molecule has 13 N–H and O–H groups in total. The first-order valence-corrected chi connectivity index (χ1v) is 39.0. The predicted molar refractivity (Wildman–Crippen MR) is 391 cm³/mol. The lowest BCUT2D eigenvalue weighted by Gasteiger charge is -2.40. The summed E-state index contributed by atoms with van der Waals surface area (Å²) in [6, 6.07) is 0. The number of unbranched alkanes of at least 4 members (excludes halogenated alkanes) is 8. The quantitative estimate of drug-likeness (QED) is 0.0234. The molecule has 3 heterocycles. The summed E-state index contributed by atoms with van der Waals surface area (Å²) in [4.78, 5) is 108. The summed E-state index contributed by atoms with van der Waals surface area (Å²) in [6.45, 7) is 9.70. The number of aliphatic hydroxyl groups excluding tert-OH is 9. The van der Waals surface area contributed by atoms with Gasteiger partial charge in [0.05, 0.1) is 77.8 Å². The molecule has 0 aromatic rings. The molecule has 626 valence electrons. The lowest BCUT2D eigenvalue weighted by molar-refractivity contribution is -0.282. The molecule has 0 aromatic heterocycles. The van der Waals surface area contributed by atoms with Crippen molar-refractivity contribution in [2.24, 2.45) is 28.3 Å². The molecular formula is C75H133N5O28. The summed E-state index contributed by atoms with van der Waals surface area (Å²) in [7, 11) is 0. The van der Waals surface area contributed by atoms with E-state index >= 15 is 0 Å². The van der Waals surface area contributed by atoms with E-state index in [1.807, 2.05) is 20.8 Å². The van der Waals surface area contributed by atoms with Gasteiger partial charge in [-0.25, -0.2) is 0 Å². The molecule has 0 saturated carbocycles. The highest BCUT2D eigenvalue weighted by Crippen LogP contribution is 2.30. The maximum Gasteiger partial charge on any atom is 0.260 e. The molecule has 0 aromatic carbocycles. The van der Waals surface area contributed by atoms with E-state index in [-0.39, 0.29) is 164 Å². The van der Waals surface area contributed by atoms with Crippen LogP contribution in [-0.4, -0.2) is 297 Å². The van der Waals surface area contributed by atoms with Crippen LogP contribution in [0.3, 0.4) is 0 Å². The minimum absolute atomic E-state index is 0.0328. The zero-order chi connectivity index (χ0) is 79.7. The number of ketones is 4. The number of oxime groups is 1. The van der Waals surface area contributed by atoms with Gasteiger partial charge in [0.15, 0.2) is 25.5 Å². The van der Waals surface area contributed by atoms with Crippen molar-refractivity contribution in [2.45, 2.75) is 281 Å². The van der Waals surface area contributed by atoms with Crippen molar-refractivity contribution in [3.8, 4) is 0 Å². The van der Waals surface area contributed by atoms with Crippen LogP contribution in [0.25, 0.3) is 0 Å². The predicted octanol–water partition coefficient (Wildman–Crippen LogP) is 1.61. The summed E-state index contributed by atoms with van der Waals surface area (Å²) in [5.74, 6) is -3.02. The number of carbonyl (C=O) groups excluding carboxylic acids is 8. The van der Waals surface area contributed by atoms with Gasteiger partial charge in [0.2, 0.25) is 17.7 Å². The zero-order valence-corrected chi connectivity index (χ0v) is 64.9. The van der Waals surface area contributed by atoms with E-state index in [4.69, 9.17) is 52.2 Å². The lowest BCUT2D eigenvalue weighted by atomic mass is 9.92. The Morgan fingerprint density at radius 1 is 0.370 bits per heavy atom. The summed E-state index contributed by atoms with van der Waals surface area (Å²) in [5, 5.41) is 105. The topological polar surface area (TPSA) is 481 Å². The molecule has 3 aliphatic rings. The Morgan fingerprint density at radius 2 is 0.713 bits per heavy atom. The Hall–Kier alpha value is -4.73. The van der Waals surface area contributed by atoms with Gasteiger partial charge in [-0.15, -0.1) is 0 Å². The molecule has 3 fully saturated rings. The highest BCUT2D eigenvalue weighted by Gasteiger charge is 2.45. The number of aliphatic hydroxyl groups is 9. The number of rotatable bonds is 63. The Bertz CT molecular complexity index is 2330. The number of ether oxygens (including phenoxy) is 10. The highest BCUT2D eigenvalue weighted by molar-refractivity contribution is 5.80. The average Bonchev–Trinajstić information content (AvgIpc) is 0.831. The fraction of sp³-hybridized carbons (Fsp3) is 0.880. The summed E-state index contributed by atoms with van der Waals surface area (Å²) >= 11 is 0. The van der Waals surface area contributed by atoms with Crippen LogP contribution in [0.5, 0.6) is 0 Å². The molecule has 4 amide bonds. The minimum atomic E-state index is -1.43. The van der Waals surface area contributed by atoms with E-state index in [1.165, 1.54) is 0 Å². The van der Waals surface area contributed by atoms with Crippen molar-refractivity contribution in [3.05, 3.63) is 0 Å². The molecule has 0 bridgehead atoms. The molecule has 3 rings (SSSR count). The van der Waals surface area contributed by atoms with Crippen molar-refractivity contribution in [1.29, 1.82) is 0 Å². The molecule has 0 radical (unpaired) electrons. The monoisotopic (exact) mass is 1550 g/mol. The Morgan fingerprint density at radius 3 is 1.11 bits per heavy atom. The van der Waals surface area contributed by atoms with Crippen LogP contribution in [0.15, 0.2) is 5.16 Å². The van der Waals surface area contributed by atoms with Crippen LogP contribution in [0.4, 0.5) is 0 Å². The van der Waals surface area contributed by atoms with Crippen molar-refractivity contribution in [2.75, 3.05) is 119 Å². The molecule has 6 unspecified atom stereocenters. The summed E-state index contributed by atoms with van der Waals surface area (Å²) in [6.07, 6.45) is -0.371. The SMILES string of the molecule is C[C@@H]1C(O)[C@H](O)C(CO)O[C@@H]1OCCCCC(=O)CCCCCC(=O)CCOCC(COCCC(=O)CCCCCC(=O)CCCCO[C@H]1OC(CO)[C@@H](O)C(O)[C@H]1C)(COCCC(=O)NCCCNC(=O)CCCCO[C@H]1OC(CO)[C@@H](O)C(O)[C@H]1C)NC(=O)COCCCCNC(=O)CON=CC(C)(C)C. The van der Waals surface area contributed by atoms with Crippen molar-refractivity contribution >= 4 is 53.0 Å². The Balaban J connectivity index is 1.54. The van der Waals surface area contributed by atoms with Crippen LogP contribution in [0.2, 0.25) is 0 Å². The van der Waals surface area contributed by atoms with Gasteiger partial charge in [0, 0.05) is 140 Å². The van der Waals surface area contributed by atoms with Crippen molar-refractivity contribution in [3.63, 3.8) is 0 Å². The van der Waals surface area contributed by atoms with Gasteiger partial charge >= 0.3 is 0 Å². The van der Waals surface area contributed by atoms with Crippen LogP contribution in [-0.2, 0) is 90.6 Å². The molecule has 3 saturated heterocycles. The fourth-order valence-electron chi connectivity index (χ4n) is 11.9. The first-order chi connectivity index (χ1) is 51.6. The van der Waals surface area contributed by atoms with Gasteiger partial charge in [-0.2, -0.15) is 0 Å². The maximum absolute atomic E-state index is 13.8. The molecule has 33 nitrogen and oxygen atoms in total. The van der Waals surface area contributed by atoms with Crippen LogP contribution >= 0.6 is 0 Å². The van der Waals surface area contributed by atoms with Crippen LogP contribution in [0.1, 0.15) is 202 Å². The van der Waals surface area contributed by atoms with E-state index in [0.717, 1.165) is 0 Å². The normalized spacial score (nSPS) is 25.1. The van der Waals surface area contributed by atoms with E-state index in [1.54, 1.807) is 27.0 Å². The van der Waals surface area contributed by atoms with Crippen molar-refractivity contribution < 1.29 is 137 Å². The number of hydrogen-bond donors (Lipinski definition) is 13. The maximum atomic E-state index is 13.8. The Labute approximate surface area is 636 Å². The number of hydrogen-bond acceptors (Lipinski definition) is 29.